The SMILES string of the molecule is CN(Cc1nccn1C(F)F)C(=O)c1cc2ccccc2[nH]1. The normalized spacial score (nSPS) is 11.3. The van der Waals surface area contributed by atoms with Gasteiger partial charge in [-0.25, -0.2) is 4.98 Å². The van der Waals surface area contributed by atoms with Gasteiger partial charge in [0.15, 0.2) is 0 Å². The molecule has 0 aliphatic carbocycles. The molecule has 0 bridgehead atoms. The van der Waals surface area contributed by atoms with Crippen molar-refractivity contribution in [2.45, 2.75) is 13.1 Å². The van der Waals surface area contributed by atoms with Crippen molar-refractivity contribution in [1.29, 1.82) is 0 Å². The fraction of sp³-hybridized carbons (Fsp3) is 0.200. The molecule has 0 aliphatic heterocycles. The Morgan fingerprint density at radius 3 is 2.91 bits per heavy atom. The van der Waals surface area contributed by atoms with Crippen LogP contribution in [0.25, 0.3) is 10.9 Å². The molecule has 0 unspecified atom stereocenters. The van der Waals surface area contributed by atoms with Crippen molar-refractivity contribution in [2.75, 3.05) is 7.05 Å². The molecule has 1 N–H and O–H groups in total. The first-order valence-electron chi connectivity index (χ1n) is 6.69. The van der Waals surface area contributed by atoms with Crippen molar-refractivity contribution >= 4 is 16.8 Å². The highest BCUT2D eigenvalue weighted by Gasteiger charge is 2.18. The van der Waals surface area contributed by atoms with Crippen molar-refractivity contribution in [3.05, 3.63) is 54.2 Å². The highest BCUT2D eigenvalue weighted by atomic mass is 19.3. The first kappa shape index (κ1) is 14.2. The van der Waals surface area contributed by atoms with Gasteiger partial charge in [0.05, 0.1) is 6.54 Å². The van der Waals surface area contributed by atoms with Gasteiger partial charge in [-0.05, 0) is 12.1 Å². The summed E-state index contributed by atoms with van der Waals surface area (Å²) in [6.45, 7) is -2.67. The number of carbonyl (C=O) groups is 1. The molecule has 114 valence electrons. The summed E-state index contributed by atoms with van der Waals surface area (Å²) in [6.07, 6.45) is 2.49. The molecule has 0 atom stereocenters. The largest absolute Gasteiger partial charge is 0.351 e. The summed E-state index contributed by atoms with van der Waals surface area (Å²) in [5, 5.41) is 0.924. The molecule has 3 aromatic rings. The average molecular weight is 304 g/mol. The van der Waals surface area contributed by atoms with Crippen LogP contribution >= 0.6 is 0 Å². The van der Waals surface area contributed by atoms with E-state index in [0.717, 1.165) is 15.5 Å². The van der Waals surface area contributed by atoms with Gasteiger partial charge in [-0.2, -0.15) is 8.78 Å². The fourth-order valence-corrected chi connectivity index (χ4v) is 2.32. The molecular formula is C15H14F2N4O. The molecule has 0 saturated heterocycles. The Bertz CT molecular complexity index is 776. The minimum atomic E-state index is -2.67. The number of para-hydroxylation sites is 1. The van der Waals surface area contributed by atoms with Crippen molar-refractivity contribution < 1.29 is 13.6 Å². The molecule has 3 rings (SSSR count). The van der Waals surface area contributed by atoms with Crippen LogP contribution in [0.3, 0.4) is 0 Å². The molecule has 2 heterocycles. The van der Waals surface area contributed by atoms with E-state index in [9.17, 15) is 13.6 Å². The quantitative estimate of drug-likeness (QED) is 0.805. The van der Waals surface area contributed by atoms with Gasteiger partial charge in [0.1, 0.15) is 11.5 Å². The van der Waals surface area contributed by atoms with Crippen LogP contribution in [0.5, 0.6) is 0 Å². The van der Waals surface area contributed by atoms with Crippen LogP contribution in [0.1, 0.15) is 22.9 Å². The number of nitrogens with zero attached hydrogens (tertiary/aromatic N) is 3. The molecule has 22 heavy (non-hydrogen) atoms. The number of hydrogen-bond donors (Lipinski definition) is 1. The monoisotopic (exact) mass is 304 g/mol. The van der Waals surface area contributed by atoms with Gasteiger partial charge in [0.25, 0.3) is 5.91 Å². The number of aromatic nitrogens is 3. The van der Waals surface area contributed by atoms with E-state index in [1.807, 2.05) is 24.3 Å². The van der Waals surface area contributed by atoms with Crippen LogP contribution in [-0.2, 0) is 6.54 Å². The number of amides is 1. The molecule has 0 fully saturated rings. The number of H-pyrrole nitrogens is 1. The second kappa shape index (κ2) is 5.59. The summed E-state index contributed by atoms with van der Waals surface area (Å²) in [5.74, 6) is -0.137. The molecule has 0 radical (unpaired) electrons. The molecule has 1 amide bonds. The van der Waals surface area contributed by atoms with E-state index in [1.54, 1.807) is 13.1 Å². The summed E-state index contributed by atoms with van der Waals surface area (Å²) in [6, 6.07) is 9.26. The van der Waals surface area contributed by atoms with Crippen LogP contribution in [0, 0.1) is 0 Å². The number of rotatable bonds is 4. The number of carbonyl (C=O) groups excluding carboxylic acids is 1. The predicted molar refractivity (Wildman–Crippen MR) is 77.6 cm³/mol. The maximum absolute atomic E-state index is 12.8. The van der Waals surface area contributed by atoms with E-state index in [-0.39, 0.29) is 18.3 Å². The summed E-state index contributed by atoms with van der Waals surface area (Å²) >= 11 is 0. The number of imidazole rings is 1. The number of aromatic amines is 1. The summed E-state index contributed by atoms with van der Waals surface area (Å²) < 4.78 is 26.3. The summed E-state index contributed by atoms with van der Waals surface area (Å²) in [4.78, 5) is 20.6. The third-order valence-electron chi connectivity index (χ3n) is 3.44. The van der Waals surface area contributed by atoms with Crippen molar-refractivity contribution in [2.24, 2.45) is 0 Å². The first-order valence-corrected chi connectivity index (χ1v) is 6.69. The zero-order valence-electron chi connectivity index (χ0n) is 11.8. The first-order chi connectivity index (χ1) is 10.6. The van der Waals surface area contributed by atoms with Gasteiger partial charge < -0.3 is 9.88 Å². The Kier molecular flexibility index (Phi) is 3.62. The number of alkyl halides is 2. The van der Waals surface area contributed by atoms with Crippen LogP contribution in [0.2, 0.25) is 0 Å². The standard InChI is InChI=1S/C15H14F2N4O/c1-20(9-13-18-6-7-21(13)15(16)17)14(22)12-8-10-4-2-3-5-11(10)19-12/h2-8,15,19H,9H2,1H3. The van der Waals surface area contributed by atoms with Crippen LogP contribution in [-0.4, -0.2) is 32.4 Å². The molecular weight excluding hydrogens is 290 g/mol. The maximum Gasteiger partial charge on any atom is 0.319 e. The van der Waals surface area contributed by atoms with E-state index < -0.39 is 6.55 Å². The second-order valence-corrected chi connectivity index (χ2v) is 4.96. The van der Waals surface area contributed by atoms with Crippen LogP contribution < -0.4 is 0 Å². The van der Waals surface area contributed by atoms with Gasteiger partial charge in [0, 0.05) is 30.3 Å². The van der Waals surface area contributed by atoms with Gasteiger partial charge in [0.2, 0.25) is 0 Å². The van der Waals surface area contributed by atoms with Crippen molar-refractivity contribution in [1.82, 2.24) is 19.4 Å². The highest BCUT2D eigenvalue weighted by Crippen LogP contribution is 2.17. The second-order valence-electron chi connectivity index (χ2n) is 4.96. The van der Waals surface area contributed by atoms with E-state index in [0.29, 0.717) is 5.69 Å². The fourth-order valence-electron chi connectivity index (χ4n) is 2.32. The smallest absolute Gasteiger partial charge is 0.319 e. The van der Waals surface area contributed by atoms with E-state index >= 15 is 0 Å². The number of halogens is 2. The predicted octanol–water partition coefficient (Wildman–Crippen LogP) is 3.03. The molecule has 2 aromatic heterocycles. The summed E-state index contributed by atoms with van der Waals surface area (Å²) in [5.41, 5.74) is 1.27. The van der Waals surface area contributed by atoms with Crippen molar-refractivity contribution in [3.8, 4) is 0 Å². The minimum Gasteiger partial charge on any atom is -0.351 e. The maximum atomic E-state index is 12.8. The van der Waals surface area contributed by atoms with Crippen LogP contribution in [0.4, 0.5) is 8.78 Å². The Morgan fingerprint density at radius 1 is 1.41 bits per heavy atom. The molecule has 0 aliphatic rings. The average Bonchev–Trinajstić information content (AvgIpc) is 3.12. The Balaban J connectivity index is 1.80. The summed E-state index contributed by atoms with van der Waals surface area (Å²) in [7, 11) is 1.55. The van der Waals surface area contributed by atoms with Crippen LogP contribution in [0.15, 0.2) is 42.7 Å². The Morgan fingerprint density at radius 2 is 2.18 bits per heavy atom. The molecule has 0 saturated carbocycles. The lowest BCUT2D eigenvalue weighted by Gasteiger charge is -2.16. The highest BCUT2D eigenvalue weighted by molar-refractivity contribution is 5.97. The Hall–Kier alpha value is -2.70. The lowest BCUT2D eigenvalue weighted by Crippen LogP contribution is -2.28. The molecule has 1 aromatic carbocycles. The minimum absolute atomic E-state index is 0.00549. The van der Waals surface area contributed by atoms with E-state index in [1.165, 1.54) is 17.3 Å². The van der Waals surface area contributed by atoms with E-state index in [2.05, 4.69) is 9.97 Å². The van der Waals surface area contributed by atoms with Crippen molar-refractivity contribution in [3.63, 3.8) is 0 Å². The number of nitrogens with one attached hydrogen (secondary N) is 1. The van der Waals surface area contributed by atoms with Gasteiger partial charge in [-0.3, -0.25) is 9.36 Å². The lowest BCUT2D eigenvalue weighted by atomic mass is 10.2. The Labute approximate surface area is 125 Å². The van der Waals surface area contributed by atoms with Gasteiger partial charge >= 0.3 is 6.55 Å². The molecule has 5 nitrogen and oxygen atoms in total. The molecule has 7 heteroatoms. The van der Waals surface area contributed by atoms with Gasteiger partial charge in [-0.1, -0.05) is 18.2 Å². The number of benzene rings is 1. The number of hydrogen-bond acceptors (Lipinski definition) is 2. The third-order valence-corrected chi connectivity index (χ3v) is 3.44. The third kappa shape index (κ3) is 2.57. The number of fused-ring (bicyclic) bond motifs is 1. The lowest BCUT2D eigenvalue weighted by molar-refractivity contribution is 0.0611. The zero-order chi connectivity index (χ0) is 15.7. The van der Waals surface area contributed by atoms with E-state index in [4.69, 9.17) is 0 Å². The molecule has 0 spiro atoms. The van der Waals surface area contributed by atoms with Gasteiger partial charge in [-0.15, -0.1) is 0 Å². The topological polar surface area (TPSA) is 53.9 Å². The zero-order valence-corrected chi connectivity index (χ0v) is 11.8.